The number of aromatic nitrogens is 2. The number of benzene rings is 2. The van der Waals surface area contributed by atoms with Gasteiger partial charge in [-0.15, -0.1) is 0 Å². The van der Waals surface area contributed by atoms with Crippen molar-refractivity contribution in [3.63, 3.8) is 0 Å². The Bertz CT molecular complexity index is 901. The summed E-state index contributed by atoms with van der Waals surface area (Å²) in [5.41, 5.74) is 2.17. The molecule has 0 aliphatic rings. The van der Waals surface area contributed by atoms with Gasteiger partial charge in [-0.2, -0.15) is 0 Å². The molecule has 154 valence electrons. The quantitative estimate of drug-likeness (QED) is 0.560. The average Bonchev–Trinajstić information content (AvgIpc) is 3.18. The van der Waals surface area contributed by atoms with Gasteiger partial charge in [0.15, 0.2) is 0 Å². The summed E-state index contributed by atoms with van der Waals surface area (Å²) in [6.07, 6.45) is 4.74. The van der Waals surface area contributed by atoms with Crippen LogP contribution >= 0.6 is 0 Å². The summed E-state index contributed by atoms with van der Waals surface area (Å²) in [4.78, 5) is 4.57. The number of rotatable bonds is 10. The topological polar surface area (TPSA) is 57.5 Å². The normalized spacial score (nSPS) is 11.9. The van der Waals surface area contributed by atoms with E-state index in [1.165, 1.54) is 0 Å². The monoisotopic (exact) mass is 395 g/mol. The van der Waals surface area contributed by atoms with Gasteiger partial charge in [0.2, 0.25) is 0 Å². The lowest BCUT2D eigenvalue weighted by Crippen LogP contribution is -2.25. The van der Waals surface area contributed by atoms with E-state index in [0.717, 1.165) is 47.2 Å². The van der Waals surface area contributed by atoms with Crippen molar-refractivity contribution in [2.75, 3.05) is 20.8 Å². The molecule has 0 aliphatic carbocycles. The fraction of sp³-hybridized carbons (Fsp3) is 0.348. The van der Waals surface area contributed by atoms with Crippen LogP contribution in [0, 0.1) is 0 Å². The molecule has 0 radical (unpaired) electrons. The van der Waals surface area contributed by atoms with Gasteiger partial charge in [0.1, 0.15) is 23.1 Å². The van der Waals surface area contributed by atoms with Crippen LogP contribution in [-0.2, 0) is 13.6 Å². The fourth-order valence-corrected chi connectivity index (χ4v) is 3.19. The number of hydrogen-bond acceptors (Lipinski definition) is 5. The van der Waals surface area contributed by atoms with Crippen molar-refractivity contribution in [1.82, 2.24) is 14.9 Å². The number of methoxy groups -OCH3 is 2. The van der Waals surface area contributed by atoms with E-state index in [-0.39, 0.29) is 6.04 Å². The van der Waals surface area contributed by atoms with Crippen LogP contribution in [0.1, 0.15) is 36.3 Å². The minimum absolute atomic E-state index is 0.126. The van der Waals surface area contributed by atoms with E-state index in [1.54, 1.807) is 20.4 Å². The zero-order valence-electron chi connectivity index (χ0n) is 17.5. The minimum atomic E-state index is -0.126. The van der Waals surface area contributed by atoms with E-state index in [2.05, 4.69) is 29.4 Å². The largest absolute Gasteiger partial charge is 0.497 e. The van der Waals surface area contributed by atoms with Crippen LogP contribution in [0.5, 0.6) is 17.2 Å². The van der Waals surface area contributed by atoms with Gasteiger partial charge in [-0.1, -0.05) is 19.1 Å². The molecule has 0 fully saturated rings. The molecule has 6 nitrogen and oxygen atoms in total. The highest BCUT2D eigenvalue weighted by Crippen LogP contribution is 2.29. The lowest BCUT2D eigenvalue weighted by atomic mass is 10.0. The molecule has 1 heterocycles. The predicted octanol–water partition coefficient (Wildman–Crippen LogP) is 4.11. The van der Waals surface area contributed by atoms with Gasteiger partial charge in [0.25, 0.3) is 0 Å². The molecule has 3 rings (SSSR count). The lowest BCUT2D eigenvalue weighted by molar-refractivity contribution is 0.317. The van der Waals surface area contributed by atoms with Crippen molar-refractivity contribution >= 4 is 0 Å². The first kappa shape index (κ1) is 20.7. The molecule has 29 heavy (non-hydrogen) atoms. The van der Waals surface area contributed by atoms with E-state index in [0.29, 0.717) is 6.54 Å². The van der Waals surface area contributed by atoms with Gasteiger partial charge < -0.3 is 18.8 Å². The maximum Gasteiger partial charge on any atom is 0.130 e. The Morgan fingerprint density at radius 2 is 1.79 bits per heavy atom. The molecule has 0 spiro atoms. The molecule has 0 bridgehead atoms. The third kappa shape index (κ3) is 5.29. The van der Waals surface area contributed by atoms with Gasteiger partial charge in [-0.3, -0.25) is 5.32 Å². The SMILES string of the molecule is CCCOc1cccc(CNC(c2cc(OC)cc(OC)c2)c2nccn2C)c1. The van der Waals surface area contributed by atoms with Crippen LogP contribution in [0.4, 0.5) is 0 Å². The molecule has 6 heteroatoms. The Balaban J connectivity index is 1.87. The average molecular weight is 396 g/mol. The Labute approximate surface area is 172 Å². The molecule has 1 atom stereocenters. The van der Waals surface area contributed by atoms with E-state index in [1.807, 2.05) is 48.1 Å². The summed E-state index contributed by atoms with van der Waals surface area (Å²) < 4.78 is 18.7. The predicted molar refractivity (Wildman–Crippen MR) is 114 cm³/mol. The van der Waals surface area contributed by atoms with Crippen molar-refractivity contribution in [3.8, 4) is 17.2 Å². The van der Waals surface area contributed by atoms with Gasteiger partial charge in [0.05, 0.1) is 26.9 Å². The first-order valence-electron chi connectivity index (χ1n) is 9.80. The van der Waals surface area contributed by atoms with Gasteiger partial charge >= 0.3 is 0 Å². The summed E-state index contributed by atoms with van der Waals surface area (Å²) in [6, 6.07) is 13.9. The molecule has 1 unspecified atom stereocenters. The Kier molecular flexibility index (Phi) is 7.14. The molecule has 1 N–H and O–H groups in total. The van der Waals surface area contributed by atoms with Gasteiger partial charge in [-0.25, -0.2) is 4.98 Å². The Hall–Kier alpha value is -2.99. The van der Waals surface area contributed by atoms with E-state index in [4.69, 9.17) is 14.2 Å². The third-order valence-corrected chi connectivity index (χ3v) is 4.71. The smallest absolute Gasteiger partial charge is 0.130 e. The Morgan fingerprint density at radius 3 is 2.41 bits per heavy atom. The summed E-state index contributed by atoms with van der Waals surface area (Å²) in [5.74, 6) is 3.30. The van der Waals surface area contributed by atoms with Crippen LogP contribution in [0.3, 0.4) is 0 Å². The lowest BCUT2D eigenvalue weighted by Gasteiger charge is -2.21. The van der Waals surface area contributed by atoms with E-state index < -0.39 is 0 Å². The molecular weight excluding hydrogens is 366 g/mol. The molecule has 3 aromatic rings. The number of ether oxygens (including phenoxy) is 3. The standard InChI is InChI=1S/C23H29N3O3/c1-5-11-29-19-8-6-7-17(12-19)16-25-22(23-24-9-10-26(23)2)18-13-20(27-3)15-21(14-18)28-4/h6-10,12-15,22,25H,5,11,16H2,1-4H3. The first-order chi connectivity index (χ1) is 14.1. The second-order valence-corrected chi connectivity index (χ2v) is 6.85. The van der Waals surface area contributed by atoms with Crippen molar-refractivity contribution in [2.45, 2.75) is 25.9 Å². The van der Waals surface area contributed by atoms with Crippen LogP contribution in [-0.4, -0.2) is 30.4 Å². The molecule has 0 saturated carbocycles. The molecular formula is C23H29N3O3. The minimum Gasteiger partial charge on any atom is -0.497 e. The molecule has 1 aromatic heterocycles. The van der Waals surface area contributed by atoms with E-state index in [9.17, 15) is 0 Å². The molecule has 0 amide bonds. The summed E-state index contributed by atoms with van der Waals surface area (Å²) >= 11 is 0. The second kappa shape index (κ2) is 9.98. The summed E-state index contributed by atoms with van der Waals surface area (Å²) in [5, 5.41) is 3.63. The highest BCUT2D eigenvalue weighted by atomic mass is 16.5. The number of imidazole rings is 1. The third-order valence-electron chi connectivity index (χ3n) is 4.71. The van der Waals surface area contributed by atoms with Crippen LogP contribution < -0.4 is 19.5 Å². The number of nitrogens with zero attached hydrogens (tertiary/aromatic N) is 2. The highest BCUT2D eigenvalue weighted by molar-refractivity contribution is 5.41. The number of nitrogens with one attached hydrogen (secondary N) is 1. The molecule has 0 aliphatic heterocycles. The van der Waals surface area contributed by atoms with Gasteiger partial charge in [0, 0.05) is 32.1 Å². The first-order valence-corrected chi connectivity index (χ1v) is 9.80. The molecule has 2 aromatic carbocycles. The number of aryl methyl sites for hydroxylation is 1. The summed E-state index contributed by atoms with van der Waals surface area (Å²) in [6.45, 7) is 3.49. The molecule has 0 saturated heterocycles. The van der Waals surface area contributed by atoms with Crippen molar-refractivity contribution in [2.24, 2.45) is 7.05 Å². The van der Waals surface area contributed by atoms with Crippen molar-refractivity contribution in [1.29, 1.82) is 0 Å². The highest BCUT2D eigenvalue weighted by Gasteiger charge is 2.20. The van der Waals surface area contributed by atoms with Crippen molar-refractivity contribution in [3.05, 3.63) is 71.8 Å². The summed E-state index contributed by atoms with van der Waals surface area (Å²) in [7, 11) is 5.31. The maximum atomic E-state index is 5.76. The zero-order valence-corrected chi connectivity index (χ0v) is 17.5. The van der Waals surface area contributed by atoms with Crippen LogP contribution in [0.15, 0.2) is 54.9 Å². The van der Waals surface area contributed by atoms with Crippen LogP contribution in [0.25, 0.3) is 0 Å². The zero-order chi connectivity index (χ0) is 20.6. The second-order valence-electron chi connectivity index (χ2n) is 6.85. The fourth-order valence-electron chi connectivity index (χ4n) is 3.19. The Morgan fingerprint density at radius 1 is 1.03 bits per heavy atom. The van der Waals surface area contributed by atoms with Gasteiger partial charge in [-0.05, 0) is 41.8 Å². The van der Waals surface area contributed by atoms with Crippen molar-refractivity contribution < 1.29 is 14.2 Å². The van der Waals surface area contributed by atoms with E-state index >= 15 is 0 Å². The van der Waals surface area contributed by atoms with Crippen LogP contribution in [0.2, 0.25) is 0 Å². The maximum absolute atomic E-state index is 5.76. The number of hydrogen-bond donors (Lipinski definition) is 1.